The van der Waals surface area contributed by atoms with Crippen molar-refractivity contribution < 1.29 is 12.6 Å². The maximum absolute atomic E-state index is 10.3. The van der Waals surface area contributed by atoms with Gasteiger partial charge in [-0.05, 0) is 6.92 Å². The van der Waals surface area contributed by atoms with Crippen molar-refractivity contribution >= 4 is 11.4 Å². The highest BCUT2D eigenvalue weighted by molar-refractivity contribution is 7.75. The Balaban J connectivity index is 3.50. The van der Waals surface area contributed by atoms with Crippen LogP contribution in [-0.2, 0) is 19.7 Å². The zero-order valence-electron chi connectivity index (χ0n) is 5.16. The van der Waals surface area contributed by atoms with Gasteiger partial charge in [-0.25, -0.2) is 0 Å². The maximum atomic E-state index is 10.3. The van der Waals surface area contributed by atoms with Gasteiger partial charge >= 0.3 is 11.4 Å². The molecule has 9 heavy (non-hydrogen) atoms. The van der Waals surface area contributed by atoms with Gasteiger partial charge in [0.05, 0.1) is 13.2 Å². The third-order valence-corrected chi connectivity index (χ3v) is 1.26. The van der Waals surface area contributed by atoms with E-state index in [1.54, 1.807) is 6.07 Å². The Hall–Kier alpha value is -0.440. The fourth-order valence-electron chi connectivity index (χ4n) is 0.179. The van der Waals surface area contributed by atoms with Gasteiger partial charge in [0.2, 0.25) is 0 Å². The second-order valence-corrected chi connectivity index (χ2v) is 2.17. The topological polar surface area (TPSA) is 59.3 Å². The zero-order chi connectivity index (χ0) is 7.28. The van der Waals surface area contributed by atoms with Crippen LogP contribution in [0.15, 0.2) is 0 Å². The first-order valence-electron chi connectivity index (χ1n) is 2.23. The van der Waals surface area contributed by atoms with E-state index in [-0.39, 0.29) is 0 Å². The fraction of sp³-hybridized carbons (Fsp3) is 0.750. The number of nitriles is 1. The molecule has 0 N–H and O–H groups in total. The second-order valence-electron chi connectivity index (χ2n) is 1.24. The Morgan fingerprint density at radius 3 is 2.67 bits per heavy atom. The molecule has 0 amide bonds. The van der Waals surface area contributed by atoms with Gasteiger partial charge in [0, 0.05) is 0 Å². The summed E-state index contributed by atoms with van der Waals surface area (Å²) in [6, 6.07) is 1.73. The first-order chi connectivity index (χ1) is 4.20. The molecule has 0 radical (unpaired) electrons. The molecule has 0 heterocycles. The number of hydrogen-bond donors (Lipinski definition) is 0. The van der Waals surface area contributed by atoms with Gasteiger partial charge in [0.1, 0.15) is 0 Å². The van der Waals surface area contributed by atoms with Gasteiger partial charge in [-0.3, -0.25) is 8.37 Å². The van der Waals surface area contributed by atoms with Gasteiger partial charge in [-0.1, -0.05) is 0 Å². The SMILES string of the molecule is COS(=O)OC(C)C#N. The summed E-state index contributed by atoms with van der Waals surface area (Å²) >= 11 is -1.78. The smallest absolute Gasteiger partial charge is 0.272 e. The van der Waals surface area contributed by atoms with Crippen LogP contribution in [0.1, 0.15) is 6.92 Å². The lowest BCUT2D eigenvalue weighted by Crippen LogP contribution is -2.08. The van der Waals surface area contributed by atoms with Crippen molar-refractivity contribution in [2.24, 2.45) is 0 Å². The molecular formula is C4H7NO3S. The molecule has 4 nitrogen and oxygen atoms in total. The van der Waals surface area contributed by atoms with E-state index >= 15 is 0 Å². The van der Waals surface area contributed by atoms with Crippen LogP contribution < -0.4 is 0 Å². The molecule has 0 aliphatic rings. The predicted molar refractivity (Wildman–Crippen MR) is 31.3 cm³/mol. The van der Waals surface area contributed by atoms with Crippen LogP contribution in [0, 0.1) is 11.3 Å². The molecule has 0 aliphatic carbocycles. The molecule has 0 saturated heterocycles. The van der Waals surface area contributed by atoms with E-state index in [0.29, 0.717) is 0 Å². The van der Waals surface area contributed by atoms with Crippen LogP contribution in [0.5, 0.6) is 0 Å². The normalized spacial score (nSPS) is 16.1. The quantitative estimate of drug-likeness (QED) is 0.572. The molecule has 0 aromatic heterocycles. The molecule has 0 fully saturated rings. The molecule has 0 aromatic rings. The number of nitrogens with zero attached hydrogens (tertiary/aromatic N) is 1. The maximum Gasteiger partial charge on any atom is 0.305 e. The van der Waals surface area contributed by atoms with Gasteiger partial charge < -0.3 is 0 Å². The lowest BCUT2D eigenvalue weighted by atomic mass is 10.5. The highest BCUT2D eigenvalue weighted by atomic mass is 32.2. The van der Waals surface area contributed by atoms with Crippen LogP contribution >= 0.6 is 0 Å². The largest absolute Gasteiger partial charge is 0.305 e. The van der Waals surface area contributed by atoms with Crippen molar-refractivity contribution in [1.82, 2.24) is 0 Å². The predicted octanol–water partition coefficient (Wildman–Crippen LogP) is 0.140. The Labute approximate surface area is 56.2 Å². The highest BCUT2D eigenvalue weighted by Gasteiger charge is 2.03. The summed E-state index contributed by atoms with van der Waals surface area (Å²) in [5.41, 5.74) is 0. The van der Waals surface area contributed by atoms with Crippen molar-refractivity contribution in [1.29, 1.82) is 5.26 Å². The summed E-state index contributed by atoms with van der Waals surface area (Å²) in [7, 11) is 1.24. The van der Waals surface area contributed by atoms with Crippen LogP contribution in [0.2, 0.25) is 0 Å². The summed E-state index contributed by atoms with van der Waals surface area (Å²) < 4.78 is 19.0. The van der Waals surface area contributed by atoms with E-state index in [4.69, 9.17) is 5.26 Å². The van der Waals surface area contributed by atoms with E-state index in [9.17, 15) is 4.21 Å². The highest BCUT2D eigenvalue weighted by Crippen LogP contribution is 1.92. The van der Waals surface area contributed by atoms with E-state index in [0.717, 1.165) is 0 Å². The standard InChI is InChI=1S/C4H7NO3S/c1-4(3-5)8-9(6)7-2/h4H,1-2H3. The fourth-order valence-corrected chi connectivity index (χ4v) is 0.536. The Bertz CT molecular complexity index is 141. The van der Waals surface area contributed by atoms with Gasteiger partial charge in [-0.15, -0.1) is 0 Å². The Kier molecular flexibility index (Phi) is 4.22. The minimum Gasteiger partial charge on any atom is -0.272 e. The molecule has 0 saturated carbocycles. The first-order valence-corrected chi connectivity index (χ1v) is 3.23. The minimum absolute atomic E-state index is 0.689. The molecule has 0 bridgehead atoms. The molecule has 5 heteroatoms. The zero-order valence-corrected chi connectivity index (χ0v) is 5.97. The van der Waals surface area contributed by atoms with E-state index in [2.05, 4.69) is 8.37 Å². The average Bonchev–Trinajstić information content (AvgIpc) is 1.87. The van der Waals surface area contributed by atoms with Crippen molar-refractivity contribution in [2.75, 3.05) is 7.11 Å². The molecule has 0 aromatic carbocycles. The van der Waals surface area contributed by atoms with Crippen molar-refractivity contribution in [3.05, 3.63) is 0 Å². The van der Waals surface area contributed by atoms with Crippen LogP contribution in [-0.4, -0.2) is 17.4 Å². The molecule has 52 valence electrons. The van der Waals surface area contributed by atoms with Gasteiger partial charge in [0.25, 0.3) is 0 Å². The molecule has 0 spiro atoms. The van der Waals surface area contributed by atoms with Gasteiger partial charge in [0.15, 0.2) is 6.10 Å². The lowest BCUT2D eigenvalue weighted by molar-refractivity contribution is 0.253. The summed E-state index contributed by atoms with van der Waals surface area (Å²) in [5, 5.41) is 8.11. The van der Waals surface area contributed by atoms with E-state index in [1.807, 2.05) is 0 Å². The summed E-state index contributed by atoms with van der Waals surface area (Å²) in [6.07, 6.45) is -0.689. The molecule has 0 aliphatic heterocycles. The number of hydrogen-bond acceptors (Lipinski definition) is 4. The van der Waals surface area contributed by atoms with Crippen molar-refractivity contribution in [3.63, 3.8) is 0 Å². The summed E-state index contributed by atoms with van der Waals surface area (Å²) in [5.74, 6) is 0. The molecular weight excluding hydrogens is 142 g/mol. The average molecular weight is 149 g/mol. The third-order valence-electron chi connectivity index (χ3n) is 0.541. The third kappa shape index (κ3) is 4.09. The first kappa shape index (κ1) is 8.56. The van der Waals surface area contributed by atoms with Crippen LogP contribution in [0.4, 0.5) is 0 Å². The Morgan fingerprint density at radius 2 is 2.33 bits per heavy atom. The van der Waals surface area contributed by atoms with Crippen molar-refractivity contribution in [2.45, 2.75) is 13.0 Å². The second kappa shape index (κ2) is 4.44. The van der Waals surface area contributed by atoms with Crippen LogP contribution in [0.25, 0.3) is 0 Å². The van der Waals surface area contributed by atoms with Gasteiger partial charge in [-0.2, -0.15) is 9.47 Å². The lowest BCUT2D eigenvalue weighted by Gasteiger charge is -1.99. The number of rotatable bonds is 3. The van der Waals surface area contributed by atoms with Crippen molar-refractivity contribution in [3.8, 4) is 6.07 Å². The minimum atomic E-state index is -1.78. The summed E-state index contributed by atoms with van der Waals surface area (Å²) in [6.45, 7) is 1.48. The summed E-state index contributed by atoms with van der Waals surface area (Å²) in [4.78, 5) is 0. The molecule has 0 rings (SSSR count). The van der Waals surface area contributed by atoms with E-state index < -0.39 is 17.5 Å². The molecule has 2 atom stereocenters. The molecule has 2 unspecified atom stereocenters. The monoisotopic (exact) mass is 149 g/mol. The van der Waals surface area contributed by atoms with Crippen LogP contribution in [0.3, 0.4) is 0 Å². The Morgan fingerprint density at radius 1 is 1.78 bits per heavy atom. The van der Waals surface area contributed by atoms with E-state index in [1.165, 1.54) is 14.0 Å².